The van der Waals surface area contributed by atoms with Crippen LogP contribution in [0.4, 0.5) is 0 Å². The third kappa shape index (κ3) is 3.67. The first-order valence-electron chi connectivity index (χ1n) is 7.31. The molecule has 2 nitrogen and oxygen atoms in total. The van der Waals surface area contributed by atoms with Gasteiger partial charge in [-0.05, 0) is 50.3 Å². The van der Waals surface area contributed by atoms with Crippen LogP contribution in [-0.2, 0) is 11.2 Å². The number of halogens is 2. The van der Waals surface area contributed by atoms with E-state index in [4.69, 9.17) is 27.9 Å². The SMILES string of the molecule is CCNC(Cc1cccc(Cl)c1Cl)CC1(OC)CCC1. The van der Waals surface area contributed by atoms with E-state index in [9.17, 15) is 0 Å². The predicted molar refractivity (Wildman–Crippen MR) is 85.8 cm³/mol. The van der Waals surface area contributed by atoms with Crippen molar-refractivity contribution in [1.82, 2.24) is 5.32 Å². The molecule has 0 amide bonds. The van der Waals surface area contributed by atoms with Gasteiger partial charge in [-0.15, -0.1) is 0 Å². The Morgan fingerprint density at radius 1 is 1.35 bits per heavy atom. The van der Waals surface area contributed by atoms with Gasteiger partial charge in [0.05, 0.1) is 15.6 Å². The van der Waals surface area contributed by atoms with Gasteiger partial charge in [-0.3, -0.25) is 0 Å². The summed E-state index contributed by atoms with van der Waals surface area (Å²) in [5, 5.41) is 4.86. The number of benzene rings is 1. The summed E-state index contributed by atoms with van der Waals surface area (Å²) in [4.78, 5) is 0. The van der Waals surface area contributed by atoms with Gasteiger partial charge in [0, 0.05) is 13.2 Å². The molecule has 1 atom stereocenters. The van der Waals surface area contributed by atoms with Crippen molar-refractivity contribution in [3.8, 4) is 0 Å². The van der Waals surface area contributed by atoms with Gasteiger partial charge >= 0.3 is 0 Å². The Hall–Kier alpha value is -0.280. The molecule has 1 aliphatic carbocycles. The van der Waals surface area contributed by atoms with Crippen molar-refractivity contribution < 1.29 is 4.74 Å². The van der Waals surface area contributed by atoms with E-state index in [2.05, 4.69) is 18.3 Å². The van der Waals surface area contributed by atoms with Crippen molar-refractivity contribution in [3.63, 3.8) is 0 Å². The molecule has 1 aliphatic rings. The summed E-state index contributed by atoms with van der Waals surface area (Å²) in [7, 11) is 1.83. The van der Waals surface area contributed by atoms with E-state index in [0.717, 1.165) is 37.8 Å². The highest BCUT2D eigenvalue weighted by Crippen LogP contribution is 2.39. The number of ether oxygens (including phenoxy) is 1. The lowest BCUT2D eigenvalue weighted by Gasteiger charge is -2.43. The number of hydrogen-bond acceptors (Lipinski definition) is 2. The number of rotatable bonds is 7. The van der Waals surface area contributed by atoms with E-state index in [1.54, 1.807) is 0 Å². The molecule has 112 valence electrons. The fourth-order valence-corrected chi connectivity index (χ4v) is 3.39. The Morgan fingerprint density at radius 3 is 2.65 bits per heavy atom. The average molecular weight is 316 g/mol. The largest absolute Gasteiger partial charge is 0.378 e. The Balaban J connectivity index is 2.07. The van der Waals surface area contributed by atoms with Crippen molar-refractivity contribution in [2.45, 2.75) is 50.7 Å². The molecule has 20 heavy (non-hydrogen) atoms. The average Bonchev–Trinajstić information content (AvgIpc) is 2.39. The molecular formula is C16H23Cl2NO. The third-order valence-electron chi connectivity index (χ3n) is 4.31. The maximum absolute atomic E-state index is 6.30. The topological polar surface area (TPSA) is 21.3 Å². The van der Waals surface area contributed by atoms with Crippen molar-refractivity contribution in [3.05, 3.63) is 33.8 Å². The molecule has 0 aliphatic heterocycles. The van der Waals surface area contributed by atoms with Crippen LogP contribution in [0.2, 0.25) is 10.0 Å². The van der Waals surface area contributed by atoms with Crippen LogP contribution in [0.5, 0.6) is 0 Å². The van der Waals surface area contributed by atoms with Crippen LogP contribution >= 0.6 is 23.2 Å². The van der Waals surface area contributed by atoms with Crippen LogP contribution in [0.1, 0.15) is 38.2 Å². The van der Waals surface area contributed by atoms with E-state index in [1.165, 1.54) is 6.42 Å². The smallest absolute Gasteiger partial charge is 0.0693 e. The van der Waals surface area contributed by atoms with E-state index >= 15 is 0 Å². The highest BCUT2D eigenvalue weighted by atomic mass is 35.5. The second kappa shape index (κ2) is 7.13. The predicted octanol–water partition coefficient (Wildman–Crippen LogP) is 4.47. The van der Waals surface area contributed by atoms with Gasteiger partial charge in [0.1, 0.15) is 0 Å². The van der Waals surface area contributed by atoms with Crippen LogP contribution in [0.25, 0.3) is 0 Å². The van der Waals surface area contributed by atoms with Crippen LogP contribution in [0, 0.1) is 0 Å². The molecule has 1 unspecified atom stereocenters. The minimum Gasteiger partial charge on any atom is -0.378 e. The Bertz CT molecular complexity index is 441. The molecule has 0 bridgehead atoms. The molecule has 1 saturated carbocycles. The third-order valence-corrected chi connectivity index (χ3v) is 5.16. The molecule has 0 radical (unpaired) electrons. The summed E-state index contributed by atoms with van der Waals surface area (Å²) in [6.07, 6.45) is 5.51. The number of nitrogens with one attached hydrogen (secondary N) is 1. The zero-order chi connectivity index (χ0) is 14.6. The molecule has 1 N–H and O–H groups in total. The molecule has 0 aromatic heterocycles. The van der Waals surface area contributed by atoms with E-state index < -0.39 is 0 Å². The lowest BCUT2D eigenvalue weighted by molar-refractivity contribution is -0.0833. The number of likely N-dealkylation sites (N-methyl/N-ethyl adjacent to an activating group) is 1. The lowest BCUT2D eigenvalue weighted by Crippen LogP contribution is -2.46. The van der Waals surface area contributed by atoms with Crippen molar-refractivity contribution in [1.29, 1.82) is 0 Å². The van der Waals surface area contributed by atoms with Crippen LogP contribution in [0.15, 0.2) is 18.2 Å². The first kappa shape index (κ1) is 16.1. The molecule has 1 aromatic carbocycles. The Kier molecular flexibility index (Phi) is 5.74. The molecule has 0 spiro atoms. The standard InChI is InChI=1S/C16H23Cl2NO/c1-3-19-13(11-16(20-2)8-5-9-16)10-12-6-4-7-14(17)15(12)18/h4,6-7,13,19H,3,5,8-11H2,1-2H3. The second-order valence-electron chi connectivity index (χ2n) is 5.62. The van der Waals surface area contributed by atoms with Crippen LogP contribution < -0.4 is 5.32 Å². The molecule has 1 fully saturated rings. The second-order valence-corrected chi connectivity index (χ2v) is 6.40. The van der Waals surface area contributed by atoms with Crippen LogP contribution in [-0.4, -0.2) is 25.3 Å². The summed E-state index contributed by atoms with van der Waals surface area (Å²) in [6, 6.07) is 6.22. The first-order chi connectivity index (χ1) is 9.60. The quantitative estimate of drug-likeness (QED) is 0.801. The zero-order valence-corrected chi connectivity index (χ0v) is 13.7. The molecule has 1 aromatic rings. The molecule has 2 rings (SSSR count). The highest BCUT2D eigenvalue weighted by molar-refractivity contribution is 6.42. The van der Waals surface area contributed by atoms with Gasteiger partial charge in [0.25, 0.3) is 0 Å². The molecule has 0 saturated heterocycles. The van der Waals surface area contributed by atoms with Crippen molar-refractivity contribution in [2.24, 2.45) is 0 Å². The molecule has 0 heterocycles. The summed E-state index contributed by atoms with van der Waals surface area (Å²) in [5.41, 5.74) is 1.17. The molecule has 4 heteroatoms. The summed E-state index contributed by atoms with van der Waals surface area (Å²) in [6.45, 7) is 3.08. The van der Waals surface area contributed by atoms with Gasteiger partial charge in [0.2, 0.25) is 0 Å². The van der Waals surface area contributed by atoms with E-state index in [0.29, 0.717) is 16.1 Å². The minimum absolute atomic E-state index is 0.0673. The Labute approximate surface area is 131 Å². The maximum atomic E-state index is 6.30. The monoisotopic (exact) mass is 315 g/mol. The van der Waals surface area contributed by atoms with Crippen LogP contribution in [0.3, 0.4) is 0 Å². The van der Waals surface area contributed by atoms with Gasteiger partial charge in [-0.25, -0.2) is 0 Å². The fourth-order valence-electron chi connectivity index (χ4n) is 2.99. The van der Waals surface area contributed by atoms with Crippen molar-refractivity contribution in [2.75, 3.05) is 13.7 Å². The first-order valence-corrected chi connectivity index (χ1v) is 8.07. The van der Waals surface area contributed by atoms with Gasteiger partial charge < -0.3 is 10.1 Å². The minimum atomic E-state index is 0.0673. The summed E-state index contributed by atoms with van der Waals surface area (Å²) >= 11 is 12.4. The van der Waals surface area contributed by atoms with Gasteiger partial charge in [-0.1, -0.05) is 42.3 Å². The molecular weight excluding hydrogens is 293 g/mol. The fraction of sp³-hybridized carbons (Fsp3) is 0.625. The number of methoxy groups -OCH3 is 1. The zero-order valence-electron chi connectivity index (χ0n) is 12.2. The highest BCUT2D eigenvalue weighted by Gasteiger charge is 2.38. The van der Waals surface area contributed by atoms with E-state index in [-0.39, 0.29) is 5.60 Å². The summed E-state index contributed by atoms with van der Waals surface area (Å²) < 4.78 is 5.74. The van der Waals surface area contributed by atoms with Gasteiger partial charge in [0.15, 0.2) is 0 Å². The van der Waals surface area contributed by atoms with E-state index in [1.807, 2.05) is 19.2 Å². The maximum Gasteiger partial charge on any atom is 0.0693 e. The normalized spacial score (nSPS) is 18.6. The summed E-state index contributed by atoms with van der Waals surface area (Å²) in [5.74, 6) is 0. The lowest BCUT2D eigenvalue weighted by atomic mass is 9.75. The number of hydrogen-bond donors (Lipinski definition) is 1. The van der Waals surface area contributed by atoms with Crippen molar-refractivity contribution >= 4 is 23.2 Å². The van der Waals surface area contributed by atoms with Gasteiger partial charge in [-0.2, -0.15) is 0 Å². The Morgan fingerprint density at radius 2 is 2.10 bits per heavy atom.